The summed E-state index contributed by atoms with van der Waals surface area (Å²) in [6, 6.07) is 7.52. The van der Waals surface area contributed by atoms with E-state index in [-0.39, 0.29) is 6.61 Å². The van der Waals surface area contributed by atoms with Crippen molar-refractivity contribution in [2.75, 3.05) is 11.9 Å². The van der Waals surface area contributed by atoms with Crippen LogP contribution in [0.15, 0.2) is 35.5 Å². The van der Waals surface area contributed by atoms with Crippen molar-refractivity contribution in [1.82, 2.24) is 14.8 Å². The molecule has 1 atom stereocenters. The molecule has 1 amide bonds. The van der Waals surface area contributed by atoms with E-state index in [1.165, 1.54) is 0 Å². The van der Waals surface area contributed by atoms with Crippen molar-refractivity contribution in [1.29, 1.82) is 0 Å². The highest BCUT2D eigenvalue weighted by Gasteiger charge is 2.33. The number of allylic oxidation sites excluding steroid dienone is 1. The Bertz CT molecular complexity index is 809. The molecule has 4 N–H and O–H groups in total. The summed E-state index contributed by atoms with van der Waals surface area (Å²) < 4.78 is 1.70. The molecule has 2 heterocycles. The third kappa shape index (κ3) is 2.90. The number of benzene rings is 1. The summed E-state index contributed by atoms with van der Waals surface area (Å²) in [7, 11) is 0. The molecule has 7 heteroatoms. The van der Waals surface area contributed by atoms with Gasteiger partial charge >= 0.3 is 0 Å². The minimum Gasteiger partial charge on any atom is -0.396 e. The number of nitrogens with one attached hydrogen (secondary N) is 1. The quantitative estimate of drug-likeness (QED) is 0.767. The highest BCUT2D eigenvalue weighted by Crippen LogP contribution is 2.35. The number of primary amides is 1. The maximum absolute atomic E-state index is 12.1. The molecule has 0 saturated heterocycles. The highest BCUT2D eigenvalue weighted by molar-refractivity contribution is 5.95. The molecule has 0 bridgehead atoms. The van der Waals surface area contributed by atoms with Gasteiger partial charge in [-0.05, 0) is 25.8 Å². The molecule has 1 aromatic carbocycles. The number of carbonyl (C=O) groups is 1. The van der Waals surface area contributed by atoms with Gasteiger partial charge in [-0.3, -0.25) is 4.79 Å². The van der Waals surface area contributed by atoms with Crippen molar-refractivity contribution in [2.24, 2.45) is 5.73 Å². The van der Waals surface area contributed by atoms with Gasteiger partial charge in [-0.1, -0.05) is 29.8 Å². The van der Waals surface area contributed by atoms with Gasteiger partial charge in [0, 0.05) is 18.7 Å². The molecule has 0 radical (unpaired) electrons. The average Bonchev–Trinajstić information content (AvgIpc) is 2.93. The van der Waals surface area contributed by atoms with Crippen molar-refractivity contribution in [3.63, 3.8) is 0 Å². The Labute approximate surface area is 140 Å². The van der Waals surface area contributed by atoms with Gasteiger partial charge in [-0.15, -0.1) is 0 Å². The minimum absolute atomic E-state index is 0.0857. The van der Waals surface area contributed by atoms with Crippen LogP contribution in [-0.4, -0.2) is 32.4 Å². The first-order chi connectivity index (χ1) is 11.5. The molecule has 24 heavy (non-hydrogen) atoms. The molecule has 2 aromatic rings. The van der Waals surface area contributed by atoms with Crippen LogP contribution in [0.25, 0.3) is 0 Å². The van der Waals surface area contributed by atoms with Crippen molar-refractivity contribution in [3.8, 4) is 0 Å². The van der Waals surface area contributed by atoms with E-state index in [4.69, 9.17) is 10.8 Å². The zero-order valence-corrected chi connectivity index (χ0v) is 13.8. The number of nitrogens with zero attached hydrogens (tertiary/aromatic N) is 3. The summed E-state index contributed by atoms with van der Waals surface area (Å²) in [6.07, 6.45) is 1.16. The van der Waals surface area contributed by atoms with E-state index in [9.17, 15) is 4.79 Å². The maximum Gasteiger partial charge on any atom is 0.248 e. The van der Waals surface area contributed by atoms with E-state index < -0.39 is 11.9 Å². The van der Waals surface area contributed by atoms with Gasteiger partial charge in [-0.25, -0.2) is 4.68 Å². The fraction of sp³-hybridized carbons (Fsp3) is 0.353. The normalized spacial score (nSPS) is 16.7. The fourth-order valence-electron chi connectivity index (χ4n) is 3.01. The number of rotatable bonds is 5. The van der Waals surface area contributed by atoms with Gasteiger partial charge in [0.25, 0.3) is 0 Å². The lowest BCUT2D eigenvalue weighted by Gasteiger charge is -2.27. The molecule has 1 aliphatic rings. The van der Waals surface area contributed by atoms with Crippen LogP contribution in [0.4, 0.5) is 5.95 Å². The van der Waals surface area contributed by atoms with Gasteiger partial charge in [0.2, 0.25) is 11.9 Å². The number of carbonyl (C=O) groups excluding carboxylic acids is 1. The Hall–Kier alpha value is -2.67. The Balaban J connectivity index is 2.11. The lowest BCUT2D eigenvalue weighted by Crippen LogP contribution is -2.31. The first-order valence-corrected chi connectivity index (χ1v) is 7.91. The van der Waals surface area contributed by atoms with Crippen molar-refractivity contribution in [3.05, 3.63) is 52.5 Å². The van der Waals surface area contributed by atoms with E-state index in [0.29, 0.717) is 35.9 Å². The Morgan fingerprint density at radius 1 is 1.42 bits per heavy atom. The Morgan fingerprint density at radius 2 is 2.21 bits per heavy atom. The van der Waals surface area contributed by atoms with E-state index in [0.717, 1.165) is 11.1 Å². The molecule has 0 aliphatic carbocycles. The number of anilines is 1. The second-order valence-electron chi connectivity index (χ2n) is 5.97. The van der Waals surface area contributed by atoms with Crippen LogP contribution < -0.4 is 11.1 Å². The summed E-state index contributed by atoms with van der Waals surface area (Å²) >= 11 is 0. The summed E-state index contributed by atoms with van der Waals surface area (Å²) in [5, 5.41) is 16.6. The van der Waals surface area contributed by atoms with Crippen LogP contribution >= 0.6 is 0 Å². The fourth-order valence-corrected chi connectivity index (χ4v) is 3.01. The van der Waals surface area contributed by atoms with Crippen LogP contribution in [-0.2, 0) is 11.2 Å². The molecule has 1 aromatic heterocycles. The van der Waals surface area contributed by atoms with Crippen molar-refractivity contribution >= 4 is 11.9 Å². The van der Waals surface area contributed by atoms with Crippen LogP contribution in [0, 0.1) is 6.92 Å². The number of hydrogen-bond acceptors (Lipinski definition) is 5. The second kappa shape index (κ2) is 6.45. The molecule has 3 rings (SSSR count). The molecule has 126 valence electrons. The largest absolute Gasteiger partial charge is 0.396 e. The maximum atomic E-state index is 12.1. The molecular formula is C17H21N5O2. The Morgan fingerprint density at radius 3 is 2.88 bits per heavy atom. The third-order valence-electron chi connectivity index (χ3n) is 4.08. The van der Waals surface area contributed by atoms with Crippen molar-refractivity contribution in [2.45, 2.75) is 32.7 Å². The van der Waals surface area contributed by atoms with Gasteiger partial charge in [0.1, 0.15) is 6.04 Å². The summed E-state index contributed by atoms with van der Waals surface area (Å²) in [5.41, 5.74) is 8.82. The smallest absolute Gasteiger partial charge is 0.248 e. The van der Waals surface area contributed by atoms with Gasteiger partial charge in [0.05, 0.1) is 5.57 Å². The number of hydrogen-bond donors (Lipinski definition) is 3. The predicted molar refractivity (Wildman–Crippen MR) is 90.3 cm³/mol. The van der Waals surface area contributed by atoms with Crippen molar-refractivity contribution < 1.29 is 9.90 Å². The molecule has 0 spiro atoms. The van der Waals surface area contributed by atoms with E-state index in [1.807, 2.05) is 38.1 Å². The number of aryl methyl sites for hydroxylation is 2. The first kappa shape index (κ1) is 16.2. The average molecular weight is 327 g/mol. The van der Waals surface area contributed by atoms with Crippen LogP contribution in [0.3, 0.4) is 0 Å². The topological polar surface area (TPSA) is 106 Å². The molecule has 0 saturated carbocycles. The van der Waals surface area contributed by atoms with Crippen LogP contribution in [0.5, 0.6) is 0 Å². The van der Waals surface area contributed by atoms with E-state index in [1.54, 1.807) is 4.68 Å². The zero-order valence-electron chi connectivity index (χ0n) is 13.8. The molecule has 1 aliphatic heterocycles. The standard InChI is InChI=1S/C17H21N5O2/c1-10-5-3-6-12(9-10)15-14(16(18)24)11(2)19-17-20-13(7-4-8-23)21-22(15)17/h3,5-6,9,15,23H,4,7-8H2,1-2H3,(H2,18,24)(H,19,20,21). The van der Waals surface area contributed by atoms with Gasteiger partial charge in [0.15, 0.2) is 5.82 Å². The molecular weight excluding hydrogens is 306 g/mol. The Kier molecular flexibility index (Phi) is 4.35. The lowest BCUT2D eigenvalue weighted by atomic mass is 9.94. The van der Waals surface area contributed by atoms with Gasteiger partial charge < -0.3 is 16.2 Å². The first-order valence-electron chi connectivity index (χ1n) is 7.91. The van der Waals surface area contributed by atoms with E-state index >= 15 is 0 Å². The second-order valence-corrected chi connectivity index (χ2v) is 5.97. The third-order valence-corrected chi connectivity index (χ3v) is 4.08. The highest BCUT2D eigenvalue weighted by atomic mass is 16.3. The number of fused-ring (bicyclic) bond motifs is 1. The zero-order chi connectivity index (χ0) is 17.3. The summed E-state index contributed by atoms with van der Waals surface area (Å²) in [5.74, 6) is 0.726. The molecule has 7 nitrogen and oxygen atoms in total. The molecule has 1 unspecified atom stereocenters. The van der Waals surface area contributed by atoms with Crippen LogP contribution in [0.2, 0.25) is 0 Å². The number of aliphatic hydroxyl groups is 1. The molecule has 0 fully saturated rings. The number of aromatic nitrogens is 3. The number of amides is 1. The number of nitrogens with two attached hydrogens (primary N) is 1. The van der Waals surface area contributed by atoms with E-state index in [2.05, 4.69) is 15.4 Å². The minimum atomic E-state index is -0.482. The lowest BCUT2D eigenvalue weighted by molar-refractivity contribution is -0.115. The summed E-state index contributed by atoms with van der Waals surface area (Å²) in [6.45, 7) is 3.90. The van der Waals surface area contributed by atoms with Gasteiger partial charge in [-0.2, -0.15) is 10.1 Å². The summed E-state index contributed by atoms with van der Waals surface area (Å²) in [4.78, 5) is 16.5. The monoisotopic (exact) mass is 327 g/mol. The predicted octanol–water partition coefficient (Wildman–Crippen LogP) is 1.29. The number of aliphatic hydroxyl groups excluding tert-OH is 1. The van der Waals surface area contributed by atoms with Crippen LogP contribution in [0.1, 0.15) is 36.3 Å². The SMILES string of the molecule is CC1=C(C(N)=O)C(c2cccc(C)c2)n2nc(CCCO)nc2N1.